The Morgan fingerprint density at radius 2 is 1.69 bits per heavy atom. The van der Waals surface area contributed by atoms with Gasteiger partial charge in [0.15, 0.2) is 18.6 Å². The highest BCUT2D eigenvalue weighted by Gasteiger charge is 2.40. The highest BCUT2D eigenvalue weighted by molar-refractivity contribution is 7.09. The van der Waals surface area contributed by atoms with Crippen LogP contribution >= 0.6 is 11.3 Å². The number of hydrogen-bond acceptors (Lipinski definition) is 13. The fourth-order valence-corrected chi connectivity index (χ4v) is 8.63. The van der Waals surface area contributed by atoms with Gasteiger partial charge in [0.1, 0.15) is 16.5 Å². The number of amides is 3. The highest BCUT2D eigenvalue weighted by Crippen LogP contribution is 2.34. The number of ketones is 1. The summed E-state index contributed by atoms with van der Waals surface area (Å²) < 4.78 is 11.6. The number of rotatable bonds is 24. The summed E-state index contributed by atoms with van der Waals surface area (Å²) in [5.41, 5.74) is 6.15. The number of aromatic nitrogens is 1. The molecule has 1 unspecified atom stereocenters. The Kier molecular flexibility index (Phi) is 20.8. The molecule has 0 aliphatic carbocycles. The van der Waals surface area contributed by atoms with E-state index in [9.17, 15) is 33.9 Å². The van der Waals surface area contributed by atoms with E-state index in [2.05, 4.69) is 26.1 Å². The average molecular weight is 871 g/mol. The molecule has 16 heteroatoms. The standard InChI is InChI=1S/C45H70N6O9S/c1-11-29(6)35(23-39(54)37-14-12-13-19-50(37)10)45(58)51(26-59-41(55)20-27(2)3)38(28(4)5)24-40(60-31(8)52)44-48-36(25-61-44)43(57)47-33(21-30(7)42(56)49-46-9)22-32-15-17-34(53)18-16-32/h15-18,25,27-30,33,35,37-38,40,46,53H,11-14,19-24,26H2,1-10H3,(H,47,57)(H,49,56)/t29?,30-,33+,35-,37+,38+,40+/m0/s1. The van der Waals surface area contributed by atoms with Gasteiger partial charge in [-0.3, -0.25) is 39.1 Å². The van der Waals surface area contributed by atoms with E-state index >= 15 is 0 Å². The van der Waals surface area contributed by atoms with Crippen LogP contribution in [0.4, 0.5) is 0 Å². The smallest absolute Gasteiger partial charge is 0.307 e. The van der Waals surface area contributed by atoms with Crippen LogP contribution in [-0.4, -0.2) is 101 Å². The Labute approximate surface area is 366 Å². The van der Waals surface area contributed by atoms with Crippen molar-refractivity contribution in [1.29, 1.82) is 0 Å². The van der Waals surface area contributed by atoms with Gasteiger partial charge in [-0.05, 0) is 74.7 Å². The summed E-state index contributed by atoms with van der Waals surface area (Å²) in [6.45, 7) is 15.1. The van der Waals surface area contributed by atoms with Crippen molar-refractivity contribution < 1.29 is 43.3 Å². The van der Waals surface area contributed by atoms with Crippen LogP contribution in [-0.2, 0) is 39.9 Å². The molecule has 7 atom stereocenters. The maximum Gasteiger partial charge on any atom is 0.307 e. The molecule has 61 heavy (non-hydrogen) atoms. The van der Waals surface area contributed by atoms with E-state index < -0.39 is 47.9 Å². The van der Waals surface area contributed by atoms with Crippen LogP contribution in [0.5, 0.6) is 5.75 Å². The second-order valence-corrected chi connectivity index (χ2v) is 18.2. The van der Waals surface area contributed by atoms with Gasteiger partial charge in [0.2, 0.25) is 11.8 Å². The molecule has 1 aromatic carbocycles. The summed E-state index contributed by atoms with van der Waals surface area (Å²) in [7, 11) is 3.54. The Balaban J connectivity index is 1.96. The third-order valence-corrected chi connectivity index (χ3v) is 12.4. The molecule has 0 spiro atoms. The fraction of sp³-hybridized carbons (Fsp3) is 0.667. The van der Waals surface area contributed by atoms with Crippen molar-refractivity contribution in [3.05, 3.63) is 45.9 Å². The Hall–Kier alpha value is -4.41. The summed E-state index contributed by atoms with van der Waals surface area (Å²) in [5.74, 6) is -3.46. The van der Waals surface area contributed by atoms with Crippen molar-refractivity contribution in [3.63, 3.8) is 0 Å². The molecular weight excluding hydrogens is 801 g/mol. The number of carbonyl (C=O) groups is 6. The number of hydrogen-bond donors (Lipinski definition) is 4. The van der Waals surface area contributed by atoms with Crippen LogP contribution in [0.3, 0.4) is 0 Å². The van der Waals surface area contributed by atoms with Crippen molar-refractivity contribution >= 4 is 46.8 Å². The Morgan fingerprint density at radius 3 is 2.28 bits per heavy atom. The van der Waals surface area contributed by atoms with Gasteiger partial charge in [-0.25, -0.2) is 10.4 Å². The minimum absolute atomic E-state index is 0.0195. The van der Waals surface area contributed by atoms with E-state index in [1.807, 2.05) is 48.6 Å². The van der Waals surface area contributed by atoms with Gasteiger partial charge in [0, 0.05) is 62.5 Å². The molecule has 15 nitrogen and oxygen atoms in total. The lowest BCUT2D eigenvalue weighted by Crippen LogP contribution is -2.50. The summed E-state index contributed by atoms with van der Waals surface area (Å²) in [5, 5.41) is 14.7. The third-order valence-electron chi connectivity index (χ3n) is 11.5. The molecule has 1 aromatic heterocycles. The molecule has 3 rings (SSSR count). The molecule has 1 saturated heterocycles. The number of phenolic OH excluding ortho intramolecular Hbond substituents is 1. The van der Waals surface area contributed by atoms with Crippen LogP contribution in [0.2, 0.25) is 0 Å². The molecule has 3 amide bonds. The lowest BCUT2D eigenvalue weighted by molar-refractivity contribution is -0.162. The van der Waals surface area contributed by atoms with Crippen LogP contribution in [0.15, 0.2) is 29.6 Å². The van der Waals surface area contributed by atoms with Crippen LogP contribution < -0.4 is 16.2 Å². The first-order chi connectivity index (χ1) is 28.8. The van der Waals surface area contributed by atoms with Crippen molar-refractivity contribution in [2.24, 2.45) is 29.6 Å². The summed E-state index contributed by atoms with van der Waals surface area (Å²) in [6, 6.07) is 5.23. The number of thiazole rings is 1. The highest BCUT2D eigenvalue weighted by atomic mass is 32.1. The first-order valence-electron chi connectivity index (χ1n) is 21.7. The molecule has 4 N–H and O–H groups in total. The van der Waals surface area contributed by atoms with Crippen molar-refractivity contribution in [3.8, 4) is 5.75 Å². The number of phenols is 1. The van der Waals surface area contributed by atoms with Crippen LogP contribution in [0, 0.1) is 29.6 Å². The zero-order valence-electron chi connectivity index (χ0n) is 37.8. The minimum Gasteiger partial charge on any atom is -0.508 e. The fourth-order valence-electron chi connectivity index (χ4n) is 7.79. The second-order valence-electron chi connectivity index (χ2n) is 17.3. The molecular formula is C45H70N6O9S. The van der Waals surface area contributed by atoms with Crippen molar-refractivity contribution in [1.82, 2.24) is 31.0 Å². The molecule has 1 fully saturated rings. The summed E-state index contributed by atoms with van der Waals surface area (Å²) in [6.07, 6.45) is 3.34. The number of ether oxygens (including phenoxy) is 2. The molecule has 1 aliphatic heterocycles. The van der Waals surface area contributed by atoms with E-state index in [1.165, 1.54) is 11.8 Å². The molecule has 2 heterocycles. The first-order valence-corrected chi connectivity index (χ1v) is 22.6. The van der Waals surface area contributed by atoms with Gasteiger partial charge in [0.05, 0.1) is 6.04 Å². The maximum absolute atomic E-state index is 14.9. The van der Waals surface area contributed by atoms with E-state index in [4.69, 9.17) is 9.47 Å². The lowest BCUT2D eigenvalue weighted by atomic mass is 9.82. The Morgan fingerprint density at radius 1 is 1.00 bits per heavy atom. The molecule has 0 radical (unpaired) electrons. The lowest BCUT2D eigenvalue weighted by Gasteiger charge is -2.39. The number of aromatic hydroxyl groups is 1. The molecule has 0 bridgehead atoms. The topological polar surface area (TPSA) is 197 Å². The monoisotopic (exact) mass is 870 g/mol. The number of likely N-dealkylation sites (N-methyl/N-ethyl adjacent to an activating group) is 1. The van der Waals surface area contributed by atoms with Crippen LogP contribution in [0.1, 0.15) is 134 Å². The van der Waals surface area contributed by atoms with E-state index in [0.717, 1.165) is 42.7 Å². The van der Waals surface area contributed by atoms with Crippen molar-refractivity contribution in [2.45, 2.75) is 137 Å². The summed E-state index contributed by atoms with van der Waals surface area (Å²) >= 11 is 1.14. The number of benzene rings is 1. The van der Waals surface area contributed by atoms with E-state index in [0.29, 0.717) is 24.3 Å². The zero-order valence-corrected chi connectivity index (χ0v) is 38.6. The SMILES string of the molecule is CCC(C)[C@H](CC(=O)[C@H]1CCCCN1C)C(=O)N(COC(=O)CC(C)C)[C@H](C[C@@H](OC(C)=O)c1nc(C(=O)N[C@@H](Cc2ccc(O)cc2)C[C@H](C)C(=O)NNC)cs1)C(C)C. The number of nitrogens with zero attached hydrogens (tertiary/aromatic N) is 3. The van der Waals surface area contributed by atoms with Gasteiger partial charge in [-0.15, -0.1) is 11.3 Å². The molecule has 2 aromatic rings. The number of hydrazine groups is 1. The van der Waals surface area contributed by atoms with Gasteiger partial charge < -0.3 is 24.8 Å². The molecule has 0 saturated carbocycles. The maximum atomic E-state index is 14.9. The quantitative estimate of drug-likeness (QED) is 0.0550. The number of likely N-dealkylation sites (tertiary alicyclic amines) is 1. The van der Waals surface area contributed by atoms with Crippen molar-refractivity contribution in [2.75, 3.05) is 27.4 Å². The van der Waals surface area contributed by atoms with Gasteiger partial charge in [-0.2, -0.15) is 0 Å². The van der Waals surface area contributed by atoms with E-state index in [1.54, 1.807) is 43.6 Å². The number of carbonyl (C=O) groups excluding carboxylic acids is 6. The van der Waals surface area contributed by atoms with Crippen LogP contribution in [0.25, 0.3) is 0 Å². The second kappa shape index (κ2) is 24.9. The predicted octanol–water partition coefficient (Wildman–Crippen LogP) is 5.97. The third kappa shape index (κ3) is 16.1. The largest absolute Gasteiger partial charge is 0.508 e. The average Bonchev–Trinajstić information content (AvgIpc) is 3.70. The Bertz CT molecular complexity index is 1750. The summed E-state index contributed by atoms with van der Waals surface area (Å²) in [4.78, 5) is 89.1. The normalized spacial score (nSPS) is 17.4. The van der Waals surface area contributed by atoms with E-state index in [-0.39, 0.29) is 78.8 Å². The predicted molar refractivity (Wildman–Crippen MR) is 234 cm³/mol. The minimum atomic E-state index is -0.976. The number of Topliss-reactive ketones (excluding diaryl/α,β-unsaturated/α-hetero) is 1. The zero-order chi connectivity index (χ0) is 45.4. The number of esters is 2. The van der Waals surface area contributed by atoms with Gasteiger partial charge in [0.25, 0.3) is 5.91 Å². The molecule has 1 aliphatic rings. The van der Waals surface area contributed by atoms with Gasteiger partial charge in [-0.1, -0.05) is 73.4 Å². The van der Waals surface area contributed by atoms with Gasteiger partial charge >= 0.3 is 11.9 Å². The number of nitrogens with one attached hydrogen (secondary N) is 3. The molecule has 340 valence electrons. The first kappa shape index (κ1) is 50.9. The number of piperidine rings is 1.